The van der Waals surface area contributed by atoms with Gasteiger partial charge in [-0.15, -0.1) is 0 Å². The molecule has 0 aliphatic heterocycles. The number of aromatic hydroxyl groups is 1. The lowest BCUT2D eigenvalue weighted by Crippen LogP contribution is -2.01. The molecule has 7 heteroatoms. The summed E-state index contributed by atoms with van der Waals surface area (Å²) < 4.78 is 10.6. The Kier molecular flexibility index (Phi) is 3.68. The molecule has 3 aromatic rings. The Hall–Kier alpha value is -2.24. The van der Waals surface area contributed by atoms with E-state index in [1.807, 2.05) is 0 Å². The van der Waals surface area contributed by atoms with Crippen molar-refractivity contribution in [2.75, 3.05) is 7.11 Å². The Bertz CT molecular complexity index is 937. The minimum absolute atomic E-state index is 0.0300. The molecule has 3 rings (SSSR count). The van der Waals surface area contributed by atoms with Crippen LogP contribution in [0.4, 0.5) is 0 Å². The van der Waals surface area contributed by atoms with E-state index in [0.29, 0.717) is 10.7 Å². The van der Waals surface area contributed by atoms with E-state index in [2.05, 4.69) is 4.98 Å². The van der Waals surface area contributed by atoms with Gasteiger partial charge in [0.2, 0.25) is 0 Å². The molecule has 5 nitrogen and oxygen atoms in total. The smallest absolute Gasteiger partial charge is 0.257 e. The first-order chi connectivity index (χ1) is 10.5. The molecule has 1 aromatic carbocycles. The van der Waals surface area contributed by atoms with Gasteiger partial charge < -0.3 is 14.3 Å². The van der Waals surface area contributed by atoms with Crippen molar-refractivity contribution in [2.24, 2.45) is 0 Å². The third kappa shape index (κ3) is 2.49. The van der Waals surface area contributed by atoms with Crippen molar-refractivity contribution in [1.29, 1.82) is 0 Å². The predicted molar refractivity (Wildman–Crippen MR) is 84.0 cm³/mol. The van der Waals surface area contributed by atoms with Crippen molar-refractivity contribution in [1.82, 2.24) is 4.98 Å². The number of hydrogen-bond acceptors (Lipinski definition) is 5. The van der Waals surface area contributed by atoms with Crippen molar-refractivity contribution in [3.8, 4) is 23.1 Å². The quantitative estimate of drug-likeness (QED) is 0.768. The molecule has 0 fully saturated rings. The third-order valence-electron chi connectivity index (χ3n) is 3.03. The zero-order valence-corrected chi connectivity index (χ0v) is 12.8. The monoisotopic (exact) mass is 337 g/mol. The van der Waals surface area contributed by atoms with Crippen molar-refractivity contribution in [3.63, 3.8) is 0 Å². The number of hydrogen-bond donors (Lipinski definition) is 1. The summed E-state index contributed by atoms with van der Waals surface area (Å²) >= 11 is 12.0. The molecule has 0 unspecified atom stereocenters. The molecule has 0 radical (unpaired) electrons. The molecule has 2 heterocycles. The Morgan fingerprint density at radius 2 is 2.00 bits per heavy atom. The molecule has 0 bridgehead atoms. The molecular formula is C15H9Cl2NO4. The fraction of sp³-hybridized carbons (Fsp3) is 0.0667. The summed E-state index contributed by atoms with van der Waals surface area (Å²) in [6.07, 6.45) is 0. The standard InChI is InChI=1S/C15H9Cl2NO4/c1-21-15-11(19)3-2-10(18-15)13-6-12(20)8-4-7(16)5-9(17)14(8)22-13/h2-6,19H,1H3. The summed E-state index contributed by atoms with van der Waals surface area (Å²) in [5.41, 5.74) is 0.261. The summed E-state index contributed by atoms with van der Waals surface area (Å²) in [6.45, 7) is 0. The minimum atomic E-state index is -0.297. The van der Waals surface area contributed by atoms with Gasteiger partial charge in [0.1, 0.15) is 5.69 Å². The zero-order chi connectivity index (χ0) is 15.9. The highest BCUT2D eigenvalue weighted by atomic mass is 35.5. The molecule has 0 saturated carbocycles. The maximum absolute atomic E-state index is 12.2. The number of nitrogens with zero attached hydrogens (tertiary/aromatic N) is 1. The van der Waals surface area contributed by atoms with Gasteiger partial charge in [0.15, 0.2) is 22.5 Å². The molecule has 0 atom stereocenters. The Morgan fingerprint density at radius 3 is 2.73 bits per heavy atom. The van der Waals surface area contributed by atoms with E-state index in [1.165, 1.54) is 37.4 Å². The average Bonchev–Trinajstić information content (AvgIpc) is 2.48. The first-order valence-electron chi connectivity index (χ1n) is 6.17. The van der Waals surface area contributed by atoms with Crippen LogP contribution in [-0.4, -0.2) is 17.2 Å². The highest BCUT2D eigenvalue weighted by Gasteiger charge is 2.13. The van der Waals surface area contributed by atoms with Gasteiger partial charge in [-0.3, -0.25) is 4.79 Å². The highest BCUT2D eigenvalue weighted by molar-refractivity contribution is 6.38. The fourth-order valence-electron chi connectivity index (χ4n) is 2.03. The largest absolute Gasteiger partial charge is 0.503 e. The van der Waals surface area contributed by atoms with Crippen LogP contribution in [0.2, 0.25) is 10.0 Å². The van der Waals surface area contributed by atoms with Crippen molar-refractivity contribution in [2.45, 2.75) is 0 Å². The number of aromatic nitrogens is 1. The SMILES string of the molecule is COc1nc(-c2cc(=O)c3cc(Cl)cc(Cl)c3o2)ccc1O. The predicted octanol–water partition coefficient (Wildman–Crippen LogP) is 3.88. The van der Waals surface area contributed by atoms with E-state index in [9.17, 15) is 9.90 Å². The van der Waals surface area contributed by atoms with Crippen LogP contribution in [0.15, 0.2) is 39.5 Å². The van der Waals surface area contributed by atoms with Gasteiger partial charge in [-0.05, 0) is 24.3 Å². The van der Waals surface area contributed by atoms with Crippen LogP contribution >= 0.6 is 23.2 Å². The molecule has 0 saturated heterocycles. The van der Waals surface area contributed by atoms with Crippen LogP contribution in [-0.2, 0) is 0 Å². The van der Waals surface area contributed by atoms with Crippen molar-refractivity contribution in [3.05, 3.63) is 50.6 Å². The molecule has 0 spiro atoms. The maximum Gasteiger partial charge on any atom is 0.257 e. The number of ether oxygens (including phenoxy) is 1. The lowest BCUT2D eigenvalue weighted by Gasteiger charge is -2.07. The van der Waals surface area contributed by atoms with E-state index >= 15 is 0 Å². The van der Waals surface area contributed by atoms with E-state index in [0.717, 1.165) is 0 Å². The van der Waals surface area contributed by atoms with Crippen LogP contribution in [0, 0.1) is 0 Å². The fourth-order valence-corrected chi connectivity index (χ4v) is 2.56. The summed E-state index contributed by atoms with van der Waals surface area (Å²) in [7, 11) is 1.38. The maximum atomic E-state index is 12.2. The molecule has 0 aliphatic carbocycles. The zero-order valence-electron chi connectivity index (χ0n) is 11.3. The number of halogens is 2. The number of benzene rings is 1. The summed E-state index contributed by atoms with van der Waals surface area (Å²) in [6, 6.07) is 7.17. The second kappa shape index (κ2) is 5.51. The van der Waals surface area contributed by atoms with Gasteiger partial charge in [-0.2, -0.15) is 0 Å². The van der Waals surface area contributed by atoms with Gasteiger partial charge in [0.05, 0.1) is 17.5 Å². The van der Waals surface area contributed by atoms with Crippen LogP contribution in [0.3, 0.4) is 0 Å². The van der Waals surface area contributed by atoms with Crippen LogP contribution < -0.4 is 10.2 Å². The van der Waals surface area contributed by atoms with E-state index in [-0.39, 0.29) is 38.8 Å². The van der Waals surface area contributed by atoms with E-state index < -0.39 is 0 Å². The molecular weight excluding hydrogens is 329 g/mol. The van der Waals surface area contributed by atoms with Gasteiger partial charge in [-0.25, -0.2) is 4.98 Å². The highest BCUT2D eigenvalue weighted by Crippen LogP contribution is 2.31. The van der Waals surface area contributed by atoms with Crippen molar-refractivity contribution >= 4 is 34.2 Å². The molecule has 112 valence electrons. The summed E-state index contributed by atoms with van der Waals surface area (Å²) in [4.78, 5) is 16.3. The van der Waals surface area contributed by atoms with Gasteiger partial charge in [-0.1, -0.05) is 23.2 Å². The van der Waals surface area contributed by atoms with Gasteiger partial charge >= 0.3 is 0 Å². The normalized spacial score (nSPS) is 10.9. The number of rotatable bonds is 2. The minimum Gasteiger partial charge on any atom is -0.503 e. The Labute approximate surface area is 134 Å². The topological polar surface area (TPSA) is 72.6 Å². The van der Waals surface area contributed by atoms with E-state index in [4.69, 9.17) is 32.4 Å². The Balaban J connectivity index is 2.27. The molecule has 0 aliphatic rings. The molecule has 1 N–H and O–H groups in total. The van der Waals surface area contributed by atoms with Gasteiger partial charge in [0.25, 0.3) is 5.88 Å². The van der Waals surface area contributed by atoms with Gasteiger partial charge in [0, 0.05) is 11.1 Å². The lowest BCUT2D eigenvalue weighted by molar-refractivity contribution is 0.359. The lowest BCUT2D eigenvalue weighted by atomic mass is 10.2. The summed E-state index contributed by atoms with van der Waals surface area (Å²) in [5.74, 6) is 0.127. The second-order valence-electron chi connectivity index (χ2n) is 4.46. The second-order valence-corrected chi connectivity index (χ2v) is 5.31. The average molecular weight is 338 g/mol. The van der Waals surface area contributed by atoms with Crippen LogP contribution in [0.1, 0.15) is 0 Å². The third-order valence-corrected chi connectivity index (χ3v) is 3.53. The molecule has 22 heavy (non-hydrogen) atoms. The number of fused-ring (bicyclic) bond motifs is 1. The van der Waals surface area contributed by atoms with Crippen LogP contribution in [0.5, 0.6) is 11.6 Å². The molecule has 2 aromatic heterocycles. The number of pyridine rings is 1. The molecule has 0 amide bonds. The first-order valence-corrected chi connectivity index (χ1v) is 6.92. The van der Waals surface area contributed by atoms with Crippen molar-refractivity contribution < 1.29 is 14.3 Å². The number of methoxy groups -OCH3 is 1. The first kappa shape index (κ1) is 14.7. The Morgan fingerprint density at radius 1 is 1.23 bits per heavy atom. The van der Waals surface area contributed by atoms with E-state index in [1.54, 1.807) is 0 Å². The summed E-state index contributed by atoms with van der Waals surface area (Å²) in [5, 5.41) is 10.4. The van der Waals surface area contributed by atoms with Crippen LogP contribution in [0.25, 0.3) is 22.4 Å².